The van der Waals surface area contributed by atoms with Gasteiger partial charge in [0.15, 0.2) is 0 Å². The predicted molar refractivity (Wildman–Crippen MR) is 151 cm³/mol. The third-order valence-electron chi connectivity index (χ3n) is 6.39. The third-order valence-corrected chi connectivity index (χ3v) is 6.39. The van der Waals surface area contributed by atoms with Crippen LogP contribution < -0.4 is 15.5 Å². The molecule has 8 heteroatoms. The summed E-state index contributed by atoms with van der Waals surface area (Å²) in [5.41, 5.74) is 4.77. The highest BCUT2D eigenvalue weighted by Crippen LogP contribution is 2.37. The SMILES string of the molecule is CCNC(=O)c1ccc2c(c1)NC(=O)C2C(=Nc1ccc(N(CCN(C)C)C(C)=O)cc1)c1ccccc1. The van der Waals surface area contributed by atoms with Gasteiger partial charge in [-0.25, -0.2) is 0 Å². The zero-order valence-electron chi connectivity index (χ0n) is 22.2. The average Bonchev–Trinajstić information content (AvgIpc) is 3.23. The number of benzene rings is 3. The fourth-order valence-electron chi connectivity index (χ4n) is 4.46. The van der Waals surface area contributed by atoms with E-state index in [1.54, 1.807) is 24.0 Å². The van der Waals surface area contributed by atoms with Crippen molar-refractivity contribution in [1.82, 2.24) is 10.2 Å². The summed E-state index contributed by atoms with van der Waals surface area (Å²) in [6.07, 6.45) is 0. The number of nitrogens with zero attached hydrogens (tertiary/aromatic N) is 3. The van der Waals surface area contributed by atoms with E-state index in [2.05, 4.69) is 10.6 Å². The second-order valence-electron chi connectivity index (χ2n) is 9.44. The molecule has 0 fully saturated rings. The summed E-state index contributed by atoms with van der Waals surface area (Å²) in [7, 11) is 3.94. The highest BCUT2D eigenvalue weighted by atomic mass is 16.2. The zero-order valence-corrected chi connectivity index (χ0v) is 22.2. The van der Waals surface area contributed by atoms with Crippen molar-refractivity contribution in [3.63, 3.8) is 0 Å². The molecule has 0 radical (unpaired) electrons. The summed E-state index contributed by atoms with van der Waals surface area (Å²) >= 11 is 0. The quantitative estimate of drug-likeness (QED) is 0.421. The molecule has 0 spiro atoms. The van der Waals surface area contributed by atoms with Crippen LogP contribution in [0.15, 0.2) is 77.8 Å². The van der Waals surface area contributed by atoms with Crippen molar-refractivity contribution in [2.45, 2.75) is 19.8 Å². The molecule has 1 unspecified atom stereocenters. The molecule has 1 aliphatic rings. The molecule has 1 atom stereocenters. The van der Waals surface area contributed by atoms with Crippen molar-refractivity contribution >= 4 is 40.5 Å². The second kappa shape index (κ2) is 11.8. The Balaban J connectivity index is 1.71. The van der Waals surface area contributed by atoms with Crippen LogP contribution in [-0.4, -0.2) is 62.1 Å². The molecule has 2 N–H and O–H groups in total. The van der Waals surface area contributed by atoms with E-state index in [-0.39, 0.29) is 17.7 Å². The van der Waals surface area contributed by atoms with Gasteiger partial charge in [-0.15, -0.1) is 0 Å². The Labute approximate surface area is 223 Å². The Morgan fingerprint density at radius 1 is 0.947 bits per heavy atom. The molecule has 1 heterocycles. The standard InChI is InChI=1S/C30H33N5O3/c1-5-31-29(37)22-11-16-25-26(19-22)33-30(38)27(25)28(21-9-7-6-8-10-21)32-23-12-14-24(15-13-23)35(20(2)36)18-17-34(3)4/h6-16,19,27H,5,17-18H2,1-4H3,(H,31,37)(H,33,38). The van der Waals surface area contributed by atoms with Crippen molar-refractivity contribution in [1.29, 1.82) is 0 Å². The van der Waals surface area contributed by atoms with E-state index < -0.39 is 5.92 Å². The molecule has 0 bridgehead atoms. The highest BCUT2D eigenvalue weighted by molar-refractivity contribution is 6.24. The Morgan fingerprint density at radius 3 is 2.29 bits per heavy atom. The monoisotopic (exact) mass is 511 g/mol. The number of aliphatic imine (C=N–C) groups is 1. The van der Waals surface area contributed by atoms with Crippen LogP contribution in [0.1, 0.15) is 41.3 Å². The van der Waals surface area contributed by atoms with Crippen molar-refractivity contribution < 1.29 is 14.4 Å². The van der Waals surface area contributed by atoms with Crippen molar-refractivity contribution in [3.8, 4) is 0 Å². The van der Waals surface area contributed by atoms with Crippen LogP contribution in [0.3, 0.4) is 0 Å². The van der Waals surface area contributed by atoms with Crippen LogP contribution >= 0.6 is 0 Å². The summed E-state index contributed by atoms with van der Waals surface area (Å²) in [6, 6.07) is 22.3. The summed E-state index contributed by atoms with van der Waals surface area (Å²) < 4.78 is 0. The van der Waals surface area contributed by atoms with E-state index in [9.17, 15) is 14.4 Å². The lowest BCUT2D eigenvalue weighted by atomic mass is 9.90. The van der Waals surface area contributed by atoms with Crippen LogP contribution in [0, 0.1) is 0 Å². The molecule has 3 aromatic carbocycles. The zero-order chi connectivity index (χ0) is 27.2. The van der Waals surface area contributed by atoms with Gasteiger partial charge < -0.3 is 20.4 Å². The lowest BCUT2D eigenvalue weighted by molar-refractivity contribution is -0.117. The Hall–Kier alpha value is -4.30. The fourth-order valence-corrected chi connectivity index (χ4v) is 4.46. The minimum absolute atomic E-state index is 0.0284. The van der Waals surface area contributed by atoms with Gasteiger partial charge in [0.2, 0.25) is 11.8 Å². The molecule has 196 valence electrons. The third kappa shape index (κ3) is 5.98. The van der Waals surface area contributed by atoms with Crippen molar-refractivity contribution in [2.24, 2.45) is 4.99 Å². The number of likely N-dealkylation sites (N-methyl/N-ethyl adjacent to an activating group) is 1. The van der Waals surface area contributed by atoms with E-state index in [1.165, 1.54) is 0 Å². The van der Waals surface area contributed by atoms with Gasteiger partial charge in [0.25, 0.3) is 5.91 Å². The van der Waals surface area contributed by atoms with Gasteiger partial charge in [0, 0.05) is 43.5 Å². The van der Waals surface area contributed by atoms with Crippen LogP contribution in [0.25, 0.3) is 0 Å². The van der Waals surface area contributed by atoms with E-state index in [4.69, 9.17) is 4.99 Å². The summed E-state index contributed by atoms with van der Waals surface area (Å²) in [5.74, 6) is -1.04. The second-order valence-corrected chi connectivity index (χ2v) is 9.44. The Bertz CT molecular complexity index is 1350. The maximum atomic E-state index is 13.2. The average molecular weight is 512 g/mol. The lowest BCUT2D eigenvalue weighted by Crippen LogP contribution is -2.35. The molecule has 3 amide bonds. The van der Waals surface area contributed by atoms with Gasteiger partial charge >= 0.3 is 0 Å². The molecule has 0 aromatic heterocycles. The number of hydrogen-bond acceptors (Lipinski definition) is 5. The van der Waals surface area contributed by atoms with Gasteiger partial charge in [0.05, 0.1) is 11.4 Å². The maximum Gasteiger partial charge on any atom is 0.251 e. The lowest BCUT2D eigenvalue weighted by Gasteiger charge is -2.23. The number of hydrogen-bond donors (Lipinski definition) is 2. The van der Waals surface area contributed by atoms with Crippen LogP contribution in [0.2, 0.25) is 0 Å². The maximum absolute atomic E-state index is 13.2. The minimum Gasteiger partial charge on any atom is -0.352 e. The number of nitrogens with one attached hydrogen (secondary N) is 2. The molecule has 1 aliphatic heterocycles. The normalized spacial score (nSPS) is 14.7. The van der Waals surface area contributed by atoms with Crippen LogP contribution in [-0.2, 0) is 9.59 Å². The molecule has 0 aliphatic carbocycles. The van der Waals surface area contributed by atoms with Gasteiger partial charge in [-0.2, -0.15) is 0 Å². The number of fused-ring (bicyclic) bond motifs is 1. The molecule has 0 saturated heterocycles. The van der Waals surface area contributed by atoms with Gasteiger partial charge in [-0.1, -0.05) is 36.4 Å². The topological polar surface area (TPSA) is 94.1 Å². The van der Waals surface area contributed by atoms with Gasteiger partial charge in [-0.3, -0.25) is 19.4 Å². The first-order chi connectivity index (χ1) is 18.3. The number of anilines is 2. The number of carbonyl (C=O) groups is 3. The molecule has 4 rings (SSSR count). The molecule has 3 aromatic rings. The summed E-state index contributed by atoms with van der Waals surface area (Å²) in [5, 5.41) is 5.72. The molecule has 0 saturated carbocycles. The smallest absolute Gasteiger partial charge is 0.251 e. The number of rotatable bonds is 9. The van der Waals surface area contributed by atoms with Gasteiger partial charge in [-0.05, 0) is 68.5 Å². The first kappa shape index (κ1) is 26.8. The van der Waals surface area contributed by atoms with E-state index in [0.717, 1.165) is 23.4 Å². The molecular formula is C30H33N5O3. The van der Waals surface area contributed by atoms with Crippen LogP contribution in [0.4, 0.5) is 17.1 Å². The Morgan fingerprint density at radius 2 is 1.66 bits per heavy atom. The van der Waals surface area contributed by atoms with E-state index in [1.807, 2.05) is 86.6 Å². The van der Waals surface area contributed by atoms with Crippen molar-refractivity contribution in [3.05, 3.63) is 89.5 Å². The van der Waals surface area contributed by atoms with Crippen molar-refractivity contribution in [2.75, 3.05) is 43.9 Å². The summed E-state index contributed by atoms with van der Waals surface area (Å²) in [4.78, 5) is 46.5. The molecular weight excluding hydrogens is 478 g/mol. The molecule has 38 heavy (non-hydrogen) atoms. The van der Waals surface area contributed by atoms with E-state index >= 15 is 0 Å². The van der Waals surface area contributed by atoms with Gasteiger partial charge in [0.1, 0.15) is 5.92 Å². The number of amides is 3. The number of carbonyl (C=O) groups excluding carboxylic acids is 3. The summed E-state index contributed by atoms with van der Waals surface area (Å²) in [6.45, 7) is 5.27. The first-order valence-electron chi connectivity index (χ1n) is 12.7. The predicted octanol–water partition coefficient (Wildman–Crippen LogP) is 4.21. The fraction of sp³-hybridized carbons (Fsp3) is 0.267. The molecule has 8 nitrogen and oxygen atoms in total. The minimum atomic E-state index is -0.635. The van der Waals surface area contributed by atoms with E-state index in [0.29, 0.717) is 35.7 Å². The largest absolute Gasteiger partial charge is 0.352 e. The first-order valence-corrected chi connectivity index (χ1v) is 12.7. The highest BCUT2D eigenvalue weighted by Gasteiger charge is 2.35. The van der Waals surface area contributed by atoms with Crippen LogP contribution in [0.5, 0.6) is 0 Å². The Kier molecular flexibility index (Phi) is 8.33.